The second-order valence-electron chi connectivity index (χ2n) is 4.43. The first kappa shape index (κ1) is 15.2. The van der Waals surface area contributed by atoms with Crippen LogP contribution in [0.5, 0.6) is 5.75 Å². The molecule has 0 aliphatic rings. The molecule has 1 atom stereocenters. The van der Waals surface area contributed by atoms with Crippen molar-refractivity contribution in [2.75, 3.05) is 0 Å². The molecule has 0 bridgehead atoms. The summed E-state index contributed by atoms with van der Waals surface area (Å²) in [6.07, 6.45) is -0.267. The maximum absolute atomic E-state index is 11.1. The molecule has 0 aromatic heterocycles. The number of nitro groups is 1. The molecule has 1 unspecified atom stereocenters. The van der Waals surface area contributed by atoms with Crippen molar-refractivity contribution in [1.29, 1.82) is 0 Å². The lowest BCUT2D eigenvalue weighted by atomic mass is 10.1. The summed E-state index contributed by atoms with van der Waals surface area (Å²) in [6, 6.07) is 2.02. The van der Waals surface area contributed by atoms with Gasteiger partial charge in [0.25, 0.3) is 5.69 Å². The molecule has 1 aromatic rings. The summed E-state index contributed by atoms with van der Waals surface area (Å²) < 4.78 is 5.50. The van der Waals surface area contributed by atoms with Crippen molar-refractivity contribution >= 4 is 23.3 Å². The zero-order chi connectivity index (χ0) is 14.7. The molecule has 0 saturated carbocycles. The van der Waals surface area contributed by atoms with Gasteiger partial charge in [-0.3, -0.25) is 10.1 Å². The molecule has 7 heteroatoms. The molecule has 0 aliphatic carbocycles. The first-order chi connectivity index (χ1) is 8.73. The van der Waals surface area contributed by atoms with Crippen molar-refractivity contribution in [2.45, 2.75) is 26.9 Å². The number of non-ortho nitro benzene ring substituents is 1. The second kappa shape index (κ2) is 5.88. The third-order valence-electron chi connectivity index (χ3n) is 2.71. The van der Waals surface area contributed by atoms with Gasteiger partial charge in [-0.1, -0.05) is 25.4 Å². The predicted octanol–water partition coefficient (Wildman–Crippen LogP) is 3.37. The molecule has 1 rings (SSSR count). The number of carboxylic acids is 1. The van der Waals surface area contributed by atoms with E-state index in [4.69, 9.17) is 21.4 Å². The molecule has 1 aromatic carbocycles. The van der Waals surface area contributed by atoms with Crippen LogP contribution in [0.25, 0.3) is 0 Å². The minimum Gasteiger partial charge on any atom is -0.488 e. The Balaban J connectivity index is 3.30. The highest BCUT2D eigenvalue weighted by atomic mass is 35.5. The predicted molar refractivity (Wildman–Crippen MR) is 70.0 cm³/mol. The van der Waals surface area contributed by atoms with E-state index in [2.05, 4.69) is 0 Å². The van der Waals surface area contributed by atoms with E-state index >= 15 is 0 Å². The van der Waals surface area contributed by atoms with Crippen molar-refractivity contribution in [3.63, 3.8) is 0 Å². The van der Waals surface area contributed by atoms with E-state index in [1.807, 2.05) is 13.8 Å². The minimum absolute atomic E-state index is 0.0408. The van der Waals surface area contributed by atoms with Crippen molar-refractivity contribution in [3.05, 3.63) is 32.8 Å². The Morgan fingerprint density at radius 1 is 1.42 bits per heavy atom. The Morgan fingerprint density at radius 3 is 2.42 bits per heavy atom. The molecule has 6 nitrogen and oxygen atoms in total. The number of carbonyl (C=O) groups is 1. The number of benzene rings is 1. The standard InChI is InChI=1S/C12H14ClNO5/c1-6(2)7(3)19-11-9(12(15)16)4-8(14(17)18)5-10(11)13/h4-7H,1-3H3,(H,15,16). The third-order valence-corrected chi connectivity index (χ3v) is 2.99. The molecule has 0 spiro atoms. The zero-order valence-corrected chi connectivity index (χ0v) is 11.5. The monoisotopic (exact) mass is 287 g/mol. The number of nitro benzene ring substituents is 1. The Kier molecular flexibility index (Phi) is 4.72. The molecular formula is C12H14ClNO5. The van der Waals surface area contributed by atoms with Crippen LogP contribution in [0.2, 0.25) is 5.02 Å². The number of rotatable bonds is 5. The van der Waals surface area contributed by atoms with Gasteiger partial charge in [-0.15, -0.1) is 0 Å². The lowest BCUT2D eigenvalue weighted by molar-refractivity contribution is -0.384. The quantitative estimate of drug-likeness (QED) is 0.662. The average molecular weight is 288 g/mol. The van der Waals surface area contributed by atoms with Crippen LogP contribution in [0.1, 0.15) is 31.1 Å². The summed E-state index contributed by atoms with van der Waals surface area (Å²) in [5.74, 6) is -1.22. The van der Waals surface area contributed by atoms with Gasteiger partial charge in [-0.2, -0.15) is 0 Å². The van der Waals surface area contributed by atoms with Crippen LogP contribution in [0.15, 0.2) is 12.1 Å². The van der Waals surface area contributed by atoms with E-state index in [1.165, 1.54) is 0 Å². The van der Waals surface area contributed by atoms with Crippen molar-refractivity contribution in [3.8, 4) is 5.75 Å². The van der Waals surface area contributed by atoms with Crippen molar-refractivity contribution < 1.29 is 19.6 Å². The first-order valence-electron chi connectivity index (χ1n) is 5.62. The summed E-state index contributed by atoms with van der Waals surface area (Å²) in [5.41, 5.74) is -0.696. The topological polar surface area (TPSA) is 89.7 Å². The van der Waals surface area contributed by atoms with Crippen molar-refractivity contribution in [2.24, 2.45) is 5.92 Å². The van der Waals surface area contributed by atoms with E-state index in [-0.39, 0.29) is 34.0 Å². The molecule has 0 saturated heterocycles. The summed E-state index contributed by atoms with van der Waals surface area (Å²) in [4.78, 5) is 21.1. The lowest BCUT2D eigenvalue weighted by Gasteiger charge is -2.20. The number of hydrogen-bond acceptors (Lipinski definition) is 4. The summed E-state index contributed by atoms with van der Waals surface area (Å²) in [5, 5.41) is 19.7. The number of aromatic carboxylic acids is 1. The fourth-order valence-electron chi connectivity index (χ4n) is 1.29. The highest BCUT2D eigenvalue weighted by Crippen LogP contribution is 2.34. The van der Waals surface area contributed by atoms with Crippen LogP contribution in [0, 0.1) is 16.0 Å². The minimum atomic E-state index is -1.32. The number of carboxylic acid groups (broad SMARTS) is 1. The van der Waals surface area contributed by atoms with Gasteiger partial charge in [0.1, 0.15) is 5.56 Å². The van der Waals surface area contributed by atoms with Crippen LogP contribution < -0.4 is 4.74 Å². The van der Waals surface area contributed by atoms with Gasteiger partial charge in [0.15, 0.2) is 5.75 Å². The Labute approximate surface area is 115 Å². The van der Waals surface area contributed by atoms with Gasteiger partial charge in [0.05, 0.1) is 16.0 Å². The Morgan fingerprint density at radius 2 is 2.00 bits per heavy atom. The van der Waals surface area contributed by atoms with Crippen LogP contribution in [0.4, 0.5) is 5.69 Å². The third kappa shape index (κ3) is 3.57. The summed E-state index contributed by atoms with van der Waals surface area (Å²) >= 11 is 5.88. The Bertz CT molecular complexity index is 515. The summed E-state index contributed by atoms with van der Waals surface area (Å²) in [6.45, 7) is 5.59. The number of ether oxygens (including phenoxy) is 1. The molecule has 0 radical (unpaired) electrons. The normalized spacial score (nSPS) is 12.3. The smallest absolute Gasteiger partial charge is 0.339 e. The largest absolute Gasteiger partial charge is 0.488 e. The highest BCUT2D eigenvalue weighted by Gasteiger charge is 2.23. The Hall–Kier alpha value is -1.82. The van der Waals surface area contributed by atoms with Gasteiger partial charge in [-0.25, -0.2) is 4.79 Å². The van der Waals surface area contributed by atoms with E-state index in [0.717, 1.165) is 12.1 Å². The van der Waals surface area contributed by atoms with Gasteiger partial charge in [0, 0.05) is 12.1 Å². The van der Waals surface area contributed by atoms with E-state index in [1.54, 1.807) is 6.92 Å². The van der Waals surface area contributed by atoms with E-state index in [0.29, 0.717) is 0 Å². The van der Waals surface area contributed by atoms with E-state index in [9.17, 15) is 14.9 Å². The summed E-state index contributed by atoms with van der Waals surface area (Å²) in [7, 11) is 0. The fourth-order valence-corrected chi connectivity index (χ4v) is 1.54. The molecule has 19 heavy (non-hydrogen) atoms. The maximum Gasteiger partial charge on any atom is 0.339 e. The van der Waals surface area contributed by atoms with Crippen LogP contribution in [0.3, 0.4) is 0 Å². The molecule has 0 heterocycles. The van der Waals surface area contributed by atoms with Gasteiger partial charge in [0.2, 0.25) is 0 Å². The average Bonchev–Trinajstić information content (AvgIpc) is 2.30. The molecule has 0 amide bonds. The highest BCUT2D eigenvalue weighted by molar-refractivity contribution is 6.32. The zero-order valence-electron chi connectivity index (χ0n) is 10.7. The van der Waals surface area contributed by atoms with Gasteiger partial charge in [-0.05, 0) is 12.8 Å². The van der Waals surface area contributed by atoms with Crippen LogP contribution >= 0.6 is 11.6 Å². The SMILES string of the molecule is CC(C)C(C)Oc1c(Cl)cc([N+](=O)[O-])cc1C(=O)O. The molecule has 104 valence electrons. The second-order valence-corrected chi connectivity index (χ2v) is 4.84. The fraction of sp³-hybridized carbons (Fsp3) is 0.417. The molecular weight excluding hydrogens is 274 g/mol. The van der Waals surface area contributed by atoms with Crippen molar-refractivity contribution in [1.82, 2.24) is 0 Å². The van der Waals surface area contributed by atoms with Gasteiger partial charge >= 0.3 is 5.97 Å². The van der Waals surface area contributed by atoms with E-state index < -0.39 is 10.9 Å². The number of nitrogens with zero attached hydrogens (tertiary/aromatic N) is 1. The molecule has 0 aliphatic heterocycles. The first-order valence-corrected chi connectivity index (χ1v) is 5.99. The molecule has 0 fully saturated rings. The number of hydrogen-bond donors (Lipinski definition) is 1. The number of halogens is 1. The lowest BCUT2D eigenvalue weighted by Crippen LogP contribution is -2.20. The van der Waals surface area contributed by atoms with Crippen LogP contribution in [-0.4, -0.2) is 22.1 Å². The van der Waals surface area contributed by atoms with Gasteiger partial charge < -0.3 is 9.84 Å². The van der Waals surface area contributed by atoms with Crippen LogP contribution in [-0.2, 0) is 0 Å². The maximum atomic E-state index is 11.1. The molecule has 1 N–H and O–H groups in total.